The van der Waals surface area contributed by atoms with Crippen LogP contribution >= 0.6 is 11.3 Å². The fourth-order valence-corrected chi connectivity index (χ4v) is 4.58. The third-order valence-electron chi connectivity index (χ3n) is 5.21. The minimum absolute atomic E-state index is 0.0744. The van der Waals surface area contributed by atoms with E-state index in [1.54, 1.807) is 11.3 Å². The molecular formula is C20H24N2O3S. The Morgan fingerprint density at radius 1 is 1.23 bits per heavy atom. The zero-order valence-electron chi connectivity index (χ0n) is 14.8. The topological polar surface area (TPSA) is 60.5 Å². The van der Waals surface area contributed by atoms with Gasteiger partial charge in [0.25, 0.3) is 5.91 Å². The lowest BCUT2D eigenvalue weighted by atomic mass is 9.84. The van der Waals surface area contributed by atoms with Gasteiger partial charge in [0.15, 0.2) is 0 Å². The molecule has 5 nitrogen and oxygen atoms in total. The maximum atomic E-state index is 12.6. The van der Waals surface area contributed by atoms with Crippen LogP contribution in [0.25, 0.3) is 0 Å². The van der Waals surface area contributed by atoms with E-state index in [0.29, 0.717) is 12.3 Å². The van der Waals surface area contributed by atoms with Crippen molar-refractivity contribution in [3.05, 3.63) is 52.0 Å². The zero-order chi connectivity index (χ0) is 17.8. The number of nitrogens with zero attached hydrogens (tertiary/aromatic N) is 1. The second-order valence-electron chi connectivity index (χ2n) is 7.10. The van der Waals surface area contributed by atoms with Crippen LogP contribution in [0.1, 0.15) is 46.7 Å². The molecule has 1 aromatic heterocycles. The monoisotopic (exact) mass is 372 g/mol. The summed E-state index contributed by atoms with van der Waals surface area (Å²) in [5.41, 5.74) is 1.61. The highest BCUT2D eigenvalue weighted by Crippen LogP contribution is 2.34. The summed E-state index contributed by atoms with van der Waals surface area (Å²) in [4.78, 5) is 17.1. The van der Waals surface area contributed by atoms with Crippen LogP contribution in [0.5, 0.6) is 0 Å². The summed E-state index contributed by atoms with van der Waals surface area (Å²) in [6.07, 6.45) is 4.31. The van der Waals surface area contributed by atoms with Gasteiger partial charge >= 0.3 is 0 Å². The summed E-state index contributed by atoms with van der Waals surface area (Å²) in [5, 5.41) is 5.99. The van der Waals surface area contributed by atoms with Crippen molar-refractivity contribution in [1.29, 1.82) is 0 Å². The zero-order valence-corrected chi connectivity index (χ0v) is 15.6. The van der Waals surface area contributed by atoms with Crippen molar-refractivity contribution in [3.63, 3.8) is 0 Å². The second kappa shape index (κ2) is 7.86. The summed E-state index contributed by atoms with van der Waals surface area (Å²) in [5.74, 6) is -0.0744. The predicted octanol–water partition coefficient (Wildman–Crippen LogP) is 3.19. The Bertz CT molecular complexity index is 735. The van der Waals surface area contributed by atoms with Crippen molar-refractivity contribution >= 4 is 17.2 Å². The van der Waals surface area contributed by atoms with Crippen molar-refractivity contribution < 1.29 is 14.3 Å². The molecule has 2 aliphatic rings. The van der Waals surface area contributed by atoms with E-state index >= 15 is 0 Å². The number of carbonyl (C=O) groups excluding carboxylic acids is 1. The van der Waals surface area contributed by atoms with Gasteiger partial charge < -0.3 is 14.8 Å². The molecule has 26 heavy (non-hydrogen) atoms. The third kappa shape index (κ3) is 4.14. The number of hydrogen-bond donors (Lipinski definition) is 1. The van der Waals surface area contributed by atoms with E-state index in [2.05, 4.69) is 22.4 Å². The number of ether oxygens (including phenoxy) is 2. The average molecular weight is 372 g/mol. The van der Waals surface area contributed by atoms with Gasteiger partial charge in [-0.15, -0.1) is 11.3 Å². The summed E-state index contributed by atoms with van der Waals surface area (Å²) in [6.45, 7) is 2.19. The van der Waals surface area contributed by atoms with E-state index in [4.69, 9.17) is 9.47 Å². The van der Waals surface area contributed by atoms with E-state index < -0.39 is 0 Å². The number of nitrogens with one attached hydrogen (secondary N) is 1. The van der Waals surface area contributed by atoms with Crippen molar-refractivity contribution in [2.45, 2.75) is 43.7 Å². The number of rotatable bonds is 4. The van der Waals surface area contributed by atoms with Gasteiger partial charge in [-0.25, -0.2) is 4.98 Å². The minimum Gasteiger partial charge on any atom is -0.381 e. The molecule has 138 valence electrons. The smallest absolute Gasteiger partial charge is 0.270 e. The van der Waals surface area contributed by atoms with Gasteiger partial charge in [0.05, 0.1) is 10.6 Å². The van der Waals surface area contributed by atoms with Crippen LogP contribution in [0.4, 0.5) is 0 Å². The van der Waals surface area contributed by atoms with Gasteiger partial charge in [0.2, 0.25) is 0 Å². The van der Waals surface area contributed by atoms with Gasteiger partial charge in [0.1, 0.15) is 5.69 Å². The molecule has 4 rings (SSSR count). The van der Waals surface area contributed by atoms with Crippen LogP contribution in [0.3, 0.4) is 0 Å². The van der Waals surface area contributed by atoms with E-state index in [9.17, 15) is 4.79 Å². The fraction of sp³-hybridized carbons (Fsp3) is 0.500. The summed E-state index contributed by atoms with van der Waals surface area (Å²) < 4.78 is 11.5. The molecule has 3 heterocycles. The van der Waals surface area contributed by atoms with Crippen LogP contribution < -0.4 is 5.32 Å². The first-order valence-corrected chi connectivity index (χ1v) is 10.1. The van der Waals surface area contributed by atoms with Gasteiger partial charge in [0, 0.05) is 37.7 Å². The van der Waals surface area contributed by atoms with Crippen LogP contribution in [-0.4, -0.2) is 42.4 Å². The van der Waals surface area contributed by atoms with Crippen LogP contribution in [0.2, 0.25) is 0 Å². The van der Waals surface area contributed by atoms with E-state index in [1.807, 2.05) is 23.6 Å². The summed E-state index contributed by atoms with van der Waals surface area (Å²) in [6, 6.07) is 10.4. The fourth-order valence-electron chi connectivity index (χ4n) is 3.77. The highest BCUT2D eigenvalue weighted by Gasteiger charge is 2.39. The van der Waals surface area contributed by atoms with Crippen LogP contribution in [0, 0.1) is 0 Å². The van der Waals surface area contributed by atoms with Gasteiger partial charge in [-0.1, -0.05) is 30.3 Å². The summed E-state index contributed by atoms with van der Waals surface area (Å²) >= 11 is 1.54. The van der Waals surface area contributed by atoms with Crippen LogP contribution in [0.15, 0.2) is 35.7 Å². The molecule has 0 aliphatic carbocycles. The number of hydrogen-bond acceptors (Lipinski definition) is 5. The Balaban J connectivity index is 1.36. The maximum absolute atomic E-state index is 12.6. The highest BCUT2D eigenvalue weighted by atomic mass is 32.1. The predicted molar refractivity (Wildman–Crippen MR) is 101 cm³/mol. The number of amides is 1. The molecule has 2 aromatic rings. The number of carbonyl (C=O) groups is 1. The number of thiazole rings is 1. The molecule has 0 radical (unpaired) electrons. The lowest BCUT2D eigenvalue weighted by Gasteiger charge is -2.43. The van der Waals surface area contributed by atoms with Crippen LogP contribution in [-0.2, 0) is 15.9 Å². The first kappa shape index (κ1) is 17.6. The second-order valence-corrected chi connectivity index (χ2v) is 8.04. The Morgan fingerprint density at radius 2 is 2.04 bits per heavy atom. The molecule has 1 aromatic carbocycles. The molecule has 0 unspecified atom stereocenters. The van der Waals surface area contributed by atoms with Crippen molar-refractivity contribution in [2.24, 2.45) is 0 Å². The molecule has 1 N–H and O–H groups in total. The normalized spacial score (nSPS) is 22.2. The number of benzene rings is 1. The Hall–Kier alpha value is -1.76. The highest BCUT2D eigenvalue weighted by molar-refractivity contribution is 7.09. The Morgan fingerprint density at radius 3 is 2.85 bits per heavy atom. The molecule has 2 aliphatic heterocycles. The van der Waals surface area contributed by atoms with E-state index in [1.165, 1.54) is 5.56 Å². The molecule has 1 atom stereocenters. The largest absolute Gasteiger partial charge is 0.381 e. The quantitative estimate of drug-likeness (QED) is 0.895. The Kier molecular flexibility index (Phi) is 5.33. The Labute approximate surface area is 157 Å². The van der Waals surface area contributed by atoms with Crippen molar-refractivity contribution in [2.75, 3.05) is 19.8 Å². The molecule has 6 heteroatoms. The molecular weight excluding hydrogens is 348 g/mol. The molecule has 2 fully saturated rings. The standard InChI is InChI=1S/C20H24N2O3S/c23-19(17-14-26-18(22-17)12-15-4-2-1-3-5-15)21-16-6-9-25-20(13-16)7-10-24-11-8-20/h1-5,14,16H,6-13H2,(H,21,23)/t16-/m1/s1. The molecule has 1 amide bonds. The SMILES string of the molecule is O=C(N[C@@H]1CCOC2(CCOCC2)C1)c1csc(Cc2ccccc2)n1. The van der Waals surface area contributed by atoms with Gasteiger partial charge in [-0.05, 0) is 31.2 Å². The first-order chi connectivity index (χ1) is 12.7. The molecule has 0 bridgehead atoms. The average Bonchev–Trinajstić information content (AvgIpc) is 3.12. The molecule has 2 saturated heterocycles. The lowest BCUT2D eigenvalue weighted by Crippen LogP contribution is -2.51. The summed E-state index contributed by atoms with van der Waals surface area (Å²) in [7, 11) is 0. The maximum Gasteiger partial charge on any atom is 0.270 e. The third-order valence-corrected chi connectivity index (χ3v) is 6.06. The van der Waals surface area contributed by atoms with Gasteiger partial charge in [-0.2, -0.15) is 0 Å². The van der Waals surface area contributed by atoms with E-state index in [0.717, 1.165) is 50.3 Å². The lowest BCUT2D eigenvalue weighted by molar-refractivity contribution is -0.139. The molecule has 1 spiro atoms. The molecule has 0 saturated carbocycles. The van der Waals surface area contributed by atoms with Gasteiger partial charge in [-0.3, -0.25) is 4.79 Å². The van der Waals surface area contributed by atoms with E-state index in [-0.39, 0.29) is 17.6 Å². The first-order valence-electron chi connectivity index (χ1n) is 9.23. The van der Waals surface area contributed by atoms with Crippen molar-refractivity contribution in [1.82, 2.24) is 10.3 Å². The minimum atomic E-state index is -0.116. The number of aromatic nitrogens is 1. The van der Waals surface area contributed by atoms with Crippen molar-refractivity contribution in [3.8, 4) is 0 Å².